The van der Waals surface area contributed by atoms with Crippen molar-refractivity contribution in [1.29, 1.82) is 0 Å². The number of benzene rings is 2. The standard InChI is InChI=1S/C24H27N7O/c1-16-6-5-7-18(10-16)19-13-30(14-19)24-27-23(28-29(24)3)26-20-8-9-21(22(11-20)32-4)31-12-17(2)25-15-31/h5-12,15,19H,13-14H2,1-4H3,(H,26,28). The second kappa shape index (κ2) is 8.03. The Balaban J connectivity index is 1.30. The first-order valence-corrected chi connectivity index (χ1v) is 10.7. The first-order valence-electron chi connectivity index (χ1n) is 10.7. The maximum atomic E-state index is 5.60. The number of ether oxygens (including phenoxy) is 1. The summed E-state index contributed by atoms with van der Waals surface area (Å²) < 4.78 is 9.38. The average molecular weight is 430 g/mol. The monoisotopic (exact) mass is 429 g/mol. The van der Waals surface area contributed by atoms with E-state index in [9.17, 15) is 0 Å². The van der Waals surface area contributed by atoms with Crippen LogP contribution in [-0.4, -0.2) is 44.5 Å². The summed E-state index contributed by atoms with van der Waals surface area (Å²) in [6, 6.07) is 14.7. The second-order valence-electron chi connectivity index (χ2n) is 8.31. The van der Waals surface area contributed by atoms with Crippen LogP contribution in [0.5, 0.6) is 5.75 Å². The van der Waals surface area contributed by atoms with E-state index in [1.54, 1.807) is 13.4 Å². The molecule has 2 aromatic carbocycles. The molecule has 5 rings (SSSR count). The van der Waals surface area contributed by atoms with Crippen LogP contribution in [0.1, 0.15) is 22.7 Å². The number of methoxy groups -OCH3 is 1. The van der Waals surface area contributed by atoms with E-state index >= 15 is 0 Å². The lowest BCUT2D eigenvalue weighted by molar-refractivity contribution is 0.413. The molecule has 8 nitrogen and oxygen atoms in total. The van der Waals surface area contributed by atoms with Gasteiger partial charge in [-0.3, -0.25) is 0 Å². The SMILES string of the molecule is COc1cc(Nc2nc(N3CC(c4cccc(C)c4)C3)n(C)n2)ccc1-n1cnc(C)c1. The van der Waals surface area contributed by atoms with Crippen molar-refractivity contribution in [2.75, 3.05) is 30.4 Å². The Hall–Kier alpha value is -3.81. The summed E-state index contributed by atoms with van der Waals surface area (Å²) in [6.07, 6.45) is 3.75. The largest absolute Gasteiger partial charge is 0.494 e. The maximum absolute atomic E-state index is 5.60. The molecule has 8 heteroatoms. The van der Waals surface area contributed by atoms with Gasteiger partial charge in [0.25, 0.3) is 0 Å². The van der Waals surface area contributed by atoms with E-state index in [1.165, 1.54) is 11.1 Å². The minimum atomic E-state index is 0.534. The third-order valence-corrected chi connectivity index (χ3v) is 5.84. The number of hydrogen-bond donors (Lipinski definition) is 1. The summed E-state index contributed by atoms with van der Waals surface area (Å²) in [5.74, 6) is 2.71. The highest BCUT2D eigenvalue weighted by Gasteiger charge is 2.31. The van der Waals surface area contributed by atoms with Crippen molar-refractivity contribution in [2.24, 2.45) is 7.05 Å². The number of nitrogens with one attached hydrogen (secondary N) is 1. The zero-order valence-electron chi connectivity index (χ0n) is 18.8. The number of imidazole rings is 1. The molecule has 0 radical (unpaired) electrons. The maximum Gasteiger partial charge on any atom is 0.248 e. The number of rotatable bonds is 6. The van der Waals surface area contributed by atoms with Crippen LogP contribution in [-0.2, 0) is 7.05 Å². The highest BCUT2D eigenvalue weighted by molar-refractivity contribution is 5.62. The Morgan fingerprint density at radius 2 is 1.94 bits per heavy atom. The van der Waals surface area contributed by atoms with Gasteiger partial charge in [0.15, 0.2) is 0 Å². The molecule has 1 fully saturated rings. The molecule has 3 heterocycles. The van der Waals surface area contributed by atoms with E-state index in [2.05, 4.69) is 51.5 Å². The summed E-state index contributed by atoms with van der Waals surface area (Å²) >= 11 is 0. The van der Waals surface area contributed by atoms with Gasteiger partial charge in [0, 0.05) is 44.0 Å². The molecule has 1 N–H and O–H groups in total. The molecule has 0 amide bonds. The smallest absolute Gasteiger partial charge is 0.248 e. The first-order chi connectivity index (χ1) is 15.5. The van der Waals surface area contributed by atoms with Gasteiger partial charge in [0.1, 0.15) is 5.75 Å². The molecular weight excluding hydrogens is 402 g/mol. The van der Waals surface area contributed by atoms with Crippen LogP contribution in [0, 0.1) is 13.8 Å². The molecular formula is C24H27N7O. The predicted octanol–water partition coefficient (Wildman–Crippen LogP) is 3.97. The Morgan fingerprint density at radius 1 is 1.09 bits per heavy atom. The zero-order chi connectivity index (χ0) is 22.2. The van der Waals surface area contributed by atoms with E-state index < -0.39 is 0 Å². The molecule has 0 atom stereocenters. The van der Waals surface area contributed by atoms with Crippen LogP contribution in [0.25, 0.3) is 5.69 Å². The summed E-state index contributed by atoms with van der Waals surface area (Å²) in [4.78, 5) is 11.3. The fourth-order valence-corrected chi connectivity index (χ4v) is 4.13. The topological polar surface area (TPSA) is 73.0 Å². The van der Waals surface area contributed by atoms with E-state index in [4.69, 9.17) is 9.72 Å². The van der Waals surface area contributed by atoms with Crippen molar-refractivity contribution in [1.82, 2.24) is 24.3 Å². The fourth-order valence-electron chi connectivity index (χ4n) is 4.13. The number of hydrogen-bond acceptors (Lipinski definition) is 6. The van der Waals surface area contributed by atoms with Gasteiger partial charge in [-0.05, 0) is 31.5 Å². The number of aromatic nitrogens is 5. The Labute approximate surface area is 187 Å². The van der Waals surface area contributed by atoms with Gasteiger partial charge >= 0.3 is 0 Å². The third-order valence-electron chi connectivity index (χ3n) is 5.84. The van der Waals surface area contributed by atoms with Gasteiger partial charge in [-0.2, -0.15) is 4.98 Å². The Bertz CT molecular complexity index is 1250. The molecule has 2 aromatic heterocycles. The van der Waals surface area contributed by atoms with E-state index in [0.29, 0.717) is 11.9 Å². The number of nitrogens with zero attached hydrogens (tertiary/aromatic N) is 6. The molecule has 0 saturated carbocycles. The molecule has 0 unspecified atom stereocenters. The molecule has 0 bridgehead atoms. The molecule has 32 heavy (non-hydrogen) atoms. The van der Waals surface area contributed by atoms with E-state index in [1.807, 2.05) is 47.6 Å². The highest BCUT2D eigenvalue weighted by atomic mass is 16.5. The summed E-state index contributed by atoms with van der Waals surface area (Å²) in [5, 5.41) is 7.86. The van der Waals surface area contributed by atoms with Crippen molar-refractivity contribution in [3.8, 4) is 11.4 Å². The quantitative estimate of drug-likeness (QED) is 0.500. The lowest BCUT2D eigenvalue weighted by Gasteiger charge is -2.39. The van der Waals surface area contributed by atoms with Crippen LogP contribution in [0.4, 0.5) is 17.6 Å². The number of anilines is 3. The van der Waals surface area contributed by atoms with Gasteiger partial charge in [-0.1, -0.05) is 29.8 Å². The lowest BCUT2D eigenvalue weighted by atomic mass is 9.91. The molecule has 1 aliphatic rings. The molecule has 4 aromatic rings. The normalized spacial score (nSPS) is 13.8. The Kier molecular flexibility index (Phi) is 5.05. The van der Waals surface area contributed by atoms with Crippen LogP contribution in [0.3, 0.4) is 0 Å². The minimum absolute atomic E-state index is 0.534. The van der Waals surface area contributed by atoms with Crippen LogP contribution in [0.15, 0.2) is 55.0 Å². The summed E-state index contributed by atoms with van der Waals surface area (Å²) in [7, 11) is 3.59. The molecule has 0 spiro atoms. The van der Waals surface area contributed by atoms with Gasteiger partial charge in [0.2, 0.25) is 11.9 Å². The van der Waals surface area contributed by atoms with Gasteiger partial charge in [-0.15, -0.1) is 5.10 Å². The predicted molar refractivity (Wildman–Crippen MR) is 125 cm³/mol. The van der Waals surface area contributed by atoms with Crippen molar-refractivity contribution < 1.29 is 4.74 Å². The van der Waals surface area contributed by atoms with Crippen LogP contribution in [0.2, 0.25) is 0 Å². The third kappa shape index (κ3) is 3.79. The van der Waals surface area contributed by atoms with Gasteiger partial charge in [0.05, 0.1) is 24.8 Å². The minimum Gasteiger partial charge on any atom is -0.494 e. The molecule has 1 aliphatic heterocycles. The lowest BCUT2D eigenvalue weighted by Crippen LogP contribution is -2.46. The van der Waals surface area contributed by atoms with Crippen molar-refractivity contribution in [3.63, 3.8) is 0 Å². The zero-order valence-corrected chi connectivity index (χ0v) is 18.8. The average Bonchev–Trinajstić information content (AvgIpc) is 3.32. The first kappa shape index (κ1) is 20.1. The fraction of sp³-hybridized carbons (Fsp3) is 0.292. The van der Waals surface area contributed by atoms with Gasteiger partial charge < -0.3 is 19.5 Å². The molecule has 164 valence electrons. The summed E-state index contributed by atoms with van der Waals surface area (Å²) in [5.41, 5.74) is 5.43. The van der Waals surface area contributed by atoms with E-state index in [0.717, 1.165) is 41.9 Å². The number of aryl methyl sites for hydroxylation is 3. The Morgan fingerprint density at radius 3 is 2.66 bits per heavy atom. The van der Waals surface area contributed by atoms with Crippen molar-refractivity contribution >= 4 is 17.6 Å². The van der Waals surface area contributed by atoms with Crippen molar-refractivity contribution in [3.05, 3.63) is 71.8 Å². The second-order valence-corrected chi connectivity index (χ2v) is 8.31. The van der Waals surface area contributed by atoms with Gasteiger partial charge in [-0.25, -0.2) is 9.67 Å². The molecule has 0 aliphatic carbocycles. The van der Waals surface area contributed by atoms with Crippen LogP contribution >= 0.6 is 0 Å². The molecule has 1 saturated heterocycles. The van der Waals surface area contributed by atoms with E-state index in [-0.39, 0.29) is 0 Å². The van der Waals surface area contributed by atoms with Crippen LogP contribution < -0.4 is 15.0 Å². The van der Waals surface area contributed by atoms with Crippen molar-refractivity contribution in [2.45, 2.75) is 19.8 Å². The summed E-state index contributed by atoms with van der Waals surface area (Å²) in [6.45, 7) is 5.99. The highest BCUT2D eigenvalue weighted by Crippen LogP contribution is 2.32.